The molecule has 4 rings (SSSR count). The molecule has 4 aliphatic rings. The second-order valence-corrected chi connectivity index (χ2v) is 28.9. The summed E-state index contributed by atoms with van der Waals surface area (Å²) in [5.41, 5.74) is 2.22. The van der Waals surface area contributed by atoms with Crippen molar-refractivity contribution in [3.05, 3.63) is 11.6 Å². The predicted molar refractivity (Wildman–Crippen MR) is 152 cm³/mol. The summed E-state index contributed by atoms with van der Waals surface area (Å²) in [4.78, 5) is 0. The summed E-state index contributed by atoms with van der Waals surface area (Å²) in [5.74, 6) is 2.15. The minimum Gasteiger partial charge on any atom is -0.414 e. The lowest BCUT2D eigenvalue weighted by Gasteiger charge is -2.61. The van der Waals surface area contributed by atoms with Crippen molar-refractivity contribution in [2.45, 2.75) is 136 Å². The van der Waals surface area contributed by atoms with Crippen LogP contribution in [0.3, 0.4) is 0 Å². The maximum absolute atomic E-state index is 7.16. The van der Waals surface area contributed by atoms with Crippen molar-refractivity contribution in [1.29, 1.82) is 0 Å². The van der Waals surface area contributed by atoms with Gasteiger partial charge in [-0.2, -0.15) is 0 Å². The van der Waals surface area contributed by atoms with Crippen molar-refractivity contribution >= 4 is 25.0 Å². The molecule has 0 N–H and O–H groups in total. The molecule has 0 aromatic rings. The molecule has 6 heteroatoms. The number of hydrogen-bond acceptors (Lipinski definition) is 3. The summed E-state index contributed by atoms with van der Waals surface area (Å²) >= 11 is 0. The lowest BCUT2D eigenvalue weighted by atomic mass is 9.47. The standard InChI is InChI=1S/C28H54O3Si3/c1-27-17-16-21(29-32(3,4)5)18-20(27)12-13-22-23-14-15-25(31-34(9,10)11)28(23,2)19-24(26(22)27)30-33(6,7)8/h12,21-26H,13-19H2,1-11H3/t21-,22-,23-,24-,25-,26+,27-,28-/m0/s1. The van der Waals surface area contributed by atoms with Gasteiger partial charge in [-0.25, -0.2) is 0 Å². The minimum atomic E-state index is -1.67. The molecule has 0 bridgehead atoms. The molecule has 0 aromatic heterocycles. The van der Waals surface area contributed by atoms with Gasteiger partial charge in [0, 0.05) is 12.2 Å². The van der Waals surface area contributed by atoms with Crippen LogP contribution in [0.5, 0.6) is 0 Å². The highest BCUT2D eigenvalue weighted by molar-refractivity contribution is 6.70. The Kier molecular flexibility index (Phi) is 7.18. The van der Waals surface area contributed by atoms with Crippen molar-refractivity contribution in [1.82, 2.24) is 0 Å². The highest BCUT2D eigenvalue weighted by Gasteiger charge is 2.63. The van der Waals surface area contributed by atoms with Crippen LogP contribution >= 0.6 is 0 Å². The first-order valence-electron chi connectivity index (χ1n) is 14.1. The summed E-state index contributed by atoms with van der Waals surface area (Å²) in [6, 6.07) is 0. The maximum atomic E-state index is 7.16. The number of rotatable bonds is 6. The molecule has 196 valence electrons. The van der Waals surface area contributed by atoms with Crippen LogP contribution in [0.1, 0.15) is 58.8 Å². The zero-order valence-electron chi connectivity index (χ0n) is 24.2. The molecule has 0 unspecified atom stereocenters. The minimum absolute atomic E-state index is 0.256. The molecule has 0 saturated heterocycles. The number of fused-ring (bicyclic) bond motifs is 5. The van der Waals surface area contributed by atoms with Gasteiger partial charge in [0.1, 0.15) is 0 Å². The van der Waals surface area contributed by atoms with Crippen LogP contribution in [0.25, 0.3) is 0 Å². The van der Waals surface area contributed by atoms with Gasteiger partial charge in [0.25, 0.3) is 0 Å². The molecule has 0 heterocycles. The van der Waals surface area contributed by atoms with Gasteiger partial charge in [0.15, 0.2) is 25.0 Å². The van der Waals surface area contributed by atoms with Crippen LogP contribution in [-0.2, 0) is 13.3 Å². The Morgan fingerprint density at radius 1 is 0.794 bits per heavy atom. The molecule has 4 aliphatic carbocycles. The van der Waals surface area contributed by atoms with Crippen LogP contribution in [0.2, 0.25) is 58.9 Å². The molecule has 0 amide bonds. The van der Waals surface area contributed by atoms with Crippen LogP contribution < -0.4 is 0 Å². The van der Waals surface area contributed by atoms with Crippen molar-refractivity contribution < 1.29 is 13.3 Å². The molecule has 0 spiro atoms. The fraction of sp³-hybridized carbons (Fsp3) is 0.929. The van der Waals surface area contributed by atoms with Gasteiger partial charge in [-0.05, 0) is 132 Å². The summed E-state index contributed by atoms with van der Waals surface area (Å²) in [6.07, 6.45) is 12.5. The van der Waals surface area contributed by atoms with E-state index in [1.807, 2.05) is 0 Å². The van der Waals surface area contributed by atoms with Gasteiger partial charge in [0.2, 0.25) is 0 Å². The Labute approximate surface area is 214 Å². The van der Waals surface area contributed by atoms with E-state index >= 15 is 0 Å². The topological polar surface area (TPSA) is 27.7 Å². The third kappa shape index (κ3) is 5.42. The quantitative estimate of drug-likeness (QED) is 0.260. The lowest BCUT2D eigenvalue weighted by molar-refractivity contribution is -0.127. The van der Waals surface area contributed by atoms with E-state index in [2.05, 4.69) is 78.8 Å². The predicted octanol–water partition coefficient (Wildman–Crippen LogP) is 8.22. The Hall–Kier alpha value is 0.271. The highest BCUT2D eigenvalue weighted by atomic mass is 28.4. The Balaban J connectivity index is 1.67. The van der Waals surface area contributed by atoms with E-state index in [0.717, 1.165) is 18.3 Å². The fourth-order valence-corrected chi connectivity index (χ4v) is 12.0. The average molecular weight is 523 g/mol. The van der Waals surface area contributed by atoms with Gasteiger partial charge >= 0.3 is 0 Å². The molecule has 3 saturated carbocycles. The van der Waals surface area contributed by atoms with Crippen LogP contribution in [-0.4, -0.2) is 43.3 Å². The molecular weight excluding hydrogens is 469 g/mol. The van der Waals surface area contributed by atoms with Gasteiger partial charge in [-0.15, -0.1) is 0 Å². The Bertz CT molecular complexity index is 792. The van der Waals surface area contributed by atoms with E-state index in [9.17, 15) is 0 Å². The smallest absolute Gasteiger partial charge is 0.184 e. The largest absolute Gasteiger partial charge is 0.414 e. The van der Waals surface area contributed by atoms with Crippen molar-refractivity contribution in [2.24, 2.45) is 28.6 Å². The average Bonchev–Trinajstić information content (AvgIpc) is 2.93. The van der Waals surface area contributed by atoms with Crippen molar-refractivity contribution in [2.75, 3.05) is 0 Å². The van der Waals surface area contributed by atoms with Crippen molar-refractivity contribution in [3.63, 3.8) is 0 Å². The van der Waals surface area contributed by atoms with Crippen molar-refractivity contribution in [3.8, 4) is 0 Å². The first-order chi connectivity index (χ1) is 15.4. The second-order valence-electron chi connectivity index (χ2n) is 15.5. The Morgan fingerprint density at radius 2 is 1.41 bits per heavy atom. The van der Waals surface area contributed by atoms with E-state index in [-0.39, 0.29) is 10.8 Å². The first-order valence-corrected chi connectivity index (χ1v) is 24.4. The summed E-state index contributed by atoms with van der Waals surface area (Å²) in [6.45, 7) is 26.5. The van der Waals surface area contributed by atoms with E-state index in [0.29, 0.717) is 24.2 Å². The molecule has 3 nitrogen and oxygen atoms in total. The molecule has 0 aromatic carbocycles. The summed E-state index contributed by atoms with van der Waals surface area (Å²) in [7, 11) is -4.77. The Morgan fingerprint density at radius 3 is 2.00 bits per heavy atom. The molecular formula is C28H54O3Si3. The molecule has 34 heavy (non-hydrogen) atoms. The summed E-state index contributed by atoms with van der Waals surface area (Å²) < 4.78 is 20.7. The highest BCUT2D eigenvalue weighted by Crippen LogP contribution is 2.66. The first kappa shape index (κ1) is 27.3. The van der Waals surface area contributed by atoms with Gasteiger partial charge in [-0.3, -0.25) is 0 Å². The third-order valence-corrected chi connectivity index (χ3v) is 12.4. The number of hydrogen-bond donors (Lipinski definition) is 0. The zero-order valence-corrected chi connectivity index (χ0v) is 27.2. The normalized spacial score (nSPS) is 43.1. The van der Waals surface area contributed by atoms with Crippen LogP contribution in [0, 0.1) is 28.6 Å². The van der Waals surface area contributed by atoms with Crippen LogP contribution in [0.15, 0.2) is 11.6 Å². The number of allylic oxidation sites excluding steroid dienone is 1. The molecule has 0 radical (unpaired) electrons. The lowest BCUT2D eigenvalue weighted by Crippen LogP contribution is -2.59. The maximum Gasteiger partial charge on any atom is 0.184 e. The monoisotopic (exact) mass is 522 g/mol. The van der Waals surface area contributed by atoms with E-state index < -0.39 is 25.0 Å². The van der Waals surface area contributed by atoms with E-state index in [4.69, 9.17) is 13.3 Å². The SMILES string of the molecule is C[C@]12C[C@H](O[Si](C)(C)C)[C@H]3[C@@H](CC=C4C[C@@H](O[Si](C)(C)C)CC[C@@]43C)[C@@H]1CC[C@@H]2O[Si](C)(C)C. The fourth-order valence-electron chi connectivity index (χ4n) is 8.46. The van der Waals surface area contributed by atoms with Gasteiger partial charge in [0.05, 0.1) is 6.10 Å². The molecule has 0 aliphatic heterocycles. The summed E-state index contributed by atoms with van der Waals surface area (Å²) in [5, 5.41) is 0. The van der Waals surface area contributed by atoms with Crippen LogP contribution in [0.4, 0.5) is 0 Å². The van der Waals surface area contributed by atoms with E-state index in [1.165, 1.54) is 38.5 Å². The van der Waals surface area contributed by atoms with Gasteiger partial charge in [-0.1, -0.05) is 25.5 Å². The second kappa shape index (κ2) is 8.94. The zero-order chi connectivity index (χ0) is 25.3. The van der Waals surface area contributed by atoms with E-state index in [1.54, 1.807) is 5.57 Å². The third-order valence-electron chi connectivity index (χ3n) is 9.40. The molecule has 3 fully saturated rings. The molecule has 8 atom stereocenters. The van der Waals surface area contributed by atoms with Gasteiger partial charge < -0.3 is 13.3 Å².